The second kappa shape index (κ2) is 10.1. The molecule has 0 spiro atoms. The molecule has 4 aromatic rings. The summed E-state index contributed by atoms with van der Waals surface area (Å²) in [5.74, 6) is 1.21. The van der Waals surface area contributed by atoms with E-state index in [4.69, 9.17) is 9.47 Å². The van der Waals surface area contributed by atoms with Gasteiger partial charge in [-0.1, -0.05) is 30.3 Å². The number of alkyl halides is 3. The second-order valence-corrected chi connectivity index (χ2v) is 8.92. The number of ether oxygens (including phenoxy) is 2. The van der Waals surface area contributed by atoms with Gasteiger partial charge in [0, 0.05) is 11.8 Å². The SMILES string of the molecule is COc1cccc(C=Cc2nc3ccccn3c(=O)c2-c2ccc(C(F)(F)F)cc2)c1OC1CCCC1. The molecule has 1 aliphatic carbocycles. The molecule has 0 atom stereocenters. The van der Waals surface area contributed by atoms with Crippen molar-refractivity contribution in [2.24, 2.45) is 0 Å². The summed E-state index contributed by atoms with van der Waals surface area (Å²) in [5, 5.41) is 0. The lowest BCUT2D eigenvalue weighted by molar-refractivity contribution is -0.137. The summed E-state index contributed by atoms with van der Waals surface area (Å²) in [5.41, 5.74) is 0.901. The van der Waals surface area contributed by atoms with Crippen LogP contribution in [0.25, 0.3) is 28.9 Å². The first-order valence-corrected chi connectivity index (χ1v) is 12.1. The summed E-state index contributed by atoms with van der Waals surface area (Å²) >= 11 is 0. The van der Waals surface area contributed by atoms with Gasteiger partial charge in [-0.25, -0.2) is 4.98 Å². The molecule has 1 aliphatic rings. The monoisotopic (exact) mass is 506 g/mol. The molecule has 2 aromatic heterocycles. The summed E-state index contributed by atoms with van der Waals surface area (Å²) in [7, 11) is 1.58. The number of pyridine rings is 1. The van der Waals surface area contributed by atoms with Crippen LogP contribution in [0, 0.1) is 0 Å². The average Bonchev–Trinajstić information content (AvgIpc) is 3.41. The van der Waals surface area contributed by atoms with Crippen LogP contribution < -0.4 is 15.0 Å². The van der Waals surface area contributed by atoms with E-state index in [1.807, 2.05) is 18.2 Å². The molecule has 2 heterocycles. The Morgan fingerprint density at radius 1 is 0.973 bits per heavy atom. The maximum atomic E-state index is 13.5. The Bertz CT molecular complexity index is 1500. The zero-order valence-corrected chi connectivity index (χ0v) is 20.2. The van der Waals surface area contributed by atoms with Crippen molar-refractivity contribution in [3.05, 3.63) is 94.0 Å². The van der Waals surface area contributed by atoms with Crippen LogP contribution in [0.1, 0.15) is 42.5 Å². The Kier molecular flexibility index (Phi) is 6.74. The van der Waals surface area contributed by atoms with Gasteiger partial charge in [0.2, 0.25) is 0 Å². The fraction of sp³-hybridized carbons (Fsp3) is 0.241. The minimum Gasteiger partial charge on any atom is -0.493 e. The van der Waals surface area contributed by atoms with Gasteiger partial charge in [-0.15, -0.1) is 0 Å². The third kappa shape index (κ3) is 5.09. The van der Waals surface area contributed by atoms with Crippen LogP contribution in [0.15, 0.2) is 71.7 Å². The summed E-state index contributed by atoms with van der Waals surface area (Å²) in [6.07, 6.45) is 4.89. The Labute approximate surface area is 211 Å². The molecular formula is C29H25F3N2O3. The van der Waals surface area contributed by atoms with Gasteiger partial charge in [0.1, 0.15) is 5.65 Å². The molecule has 37 heavy (non-hydrogen) atoms. The lowest BCUT2D eigenvalue weighted by atomic mass is 10.0. The molecule has 190 valence electrons. The highest BCUT2D eigenvalue weighted by Crippen LogP contribution is 2.36. The fourth-order valence-corrected chi connectivity index (χ4v) is 4.62. The van der Waals surface area contributed by atoms with Crippen molar-refractivity contribution in [2.75, 3.05) is 7.11 Å². The van der Waals surface area contributed by atoms with Gasteiger partial charge in [0.15, 0.2) is 11.5 Å². The number of hydrogen-bond donors (Lipinski definition) is 0. The first-order chi connectivity index (χ1) is 17.8. The summed E-state index contributed by atoms with van der Waals surface area (Å²) < 4.78 is 52.6. The van der Waals surface area contributed by atoms with E-state index >= 15 is 0 Å². The van der Waals surface area contributed by atoms with E-state index in [-0.39, 0.29) is 17.2 Å². The van der Waals surface area contributed by atoms with Crippen LogP contribution in [0.3, 0.4) is 0 Å². The number of para-hydroxylation sites is 1. The van der Waals surface area contributed by atoms with Crippen LogP contribution in [0.4, 0.5) is 13.2 Å². The van der Waals surface area contributed by atoms with Gasteiger partial charge in [0.05, 0.1) is 30.0 Å². The topological polar surface area (TPSA) is 52.8 Å². The molecule has 0 saturated heterocycles. The summed E-state index contributed by atoms with van der Waals surface area (Å²) in [4.78, 5) is 18.1. The predicted octanol–water partition coefficient (Wildman–Crippen LogP) is 6.88. The summed E-state index contributed by atoms with van der Waals surface area (Å²) in [6, 6.07) is 15.3. The highest BCUT2D eigenvalue weighted by Gasteiger charge is 2.30. The average molecular weight is 507 g/mol. The number of rotatable bonds is 6. The molecule has 2 aromatic carbocycles. The van der Waals surface area contributed by atoms with E-state index in [1.54, 1.807) is 43.7 Å². The van der Waals surface area contributed by atoms with Crippen LogP contribution >= 0.6 is 0 Å². The van der Waals surface area contributed by atoms with E-state index in [9.17, 15) is 18.0 Å². The first kappa shape index (κ1) is 24.6. The number of fused-ring (bicyclic) bond motifs is 1. The molecule has 0 N–H and O–H groups in total. The standard InChI is InChI=1S/C29H25F3N2O3/c1-36-24-10-6-7-20(27(24)37-22-8-2-3-9-22)14-17-23-26(19-12-15-21(16-13-19)29(30,31)32)28(35)34-18-5-4-11-25(34)33-23/h4-7,10-18,22H,2-3,8-9H2,1H3. The number of aromatic nitrogens is 2. The quantitative estimate of drug-likeness (QED) is 0.286. The van der Waals surface area contributed by atoms with Crippen molar-refractivity contribution in [2.45, 2.75) is 38.0 Å². The van der Waals surface area contributed by atoms with E-state index in [0.717, 1.165) is 43.4 Å². The third-order valence-corrected chi connectivity index (χ3v) is 6.50. The Morgan fingerprint density at radius 2 is 1.73 bits per heavy atom. The Hall–Kier alpha value is -4.07. The smallest absolute Gasteiger partial charge is 0.416 e. The van der Waals surface area contributed by atoms with Crippen molar-refractivity contribution < 1.29 is 22.6 Å². The number of nitrogens with zero attached hydrogens (tertiary/aromatic N) is 2. The molecule has 5 rings (SSSR count). The van der Waals surface area contributed by atoms with Gasteiger partial charge in [-0.2, -0.15) is 13.2 Å². The number of benzene rings is 2. The molecule has 8 heteroatoms. The molecule has 0 radical (unpaired) electrons. The molecule has 5 nitrogen and oxygen atoms in total. The Morgan fingerprint density at radius 3 is 2.43 bits per heavy atom. The van der Waals surface area contributed by atoms with Crippen molar-refractivity contribution in [3.8, 4) is 22.6 Å². The maximum Gasteiger partial charge on any atom is 0.416 e. The molecule has 0 aliphatic heterocycles. The van der Waals surface area contributed by atoms with Crippen LogP contribution in [-0.4, -0.2) is 22.6 Å². The van der Waals surface area contributed by atoms with E-state index in [2.05, 4.69) is 4.98 Å². The largest absolute Gasteiger partial charge is 0.493 e. The molecule has 1 saturated carbocycles. The zero-order valence-electron chi connectivity index (χ0n) is 20.2. The fourth-order valence-electron chi connectivity index (χ4n) is 4.62. The van der Waals surface area contributed by atoms with Crippen LogP contribution in [0.2, 0.25) is 0 Å². The van der Waals surface area contributed by atoms with Gasteiger partial charge in [-0.3, -0.25) is 9.20 Å². The van der Waals surface area contributed by atoms with Crippen LogP contribution in [0.5, 0.6) is 11.5 Å². The maximum absolute atomic E-state index is 13.5. The van der Waals surface area contributed by atoms with Crippen molar-refractivity contribution in [1.82, 2.24) is 9.38 Å². The lowest BCUT2D eigenvalue weighted by Crippen LogP contribution is -2.18. The second-order valence-electron chi connectivity index (χ2n) is 8.92. The lowest BCUT2D eigenvalue weighted by Gasteiger charge is -2.18. The van der Waals surface area contributed by atoms with Crippen molar-refractivity contribution in [1.29, 1.82) is 0 Å². The van der Waals surface area contributed by atoms with E-state index in [1.165, 1.54) is 16.5 Å². The third-order valence-electron chi connectivity index (χ3n) is 6.50. The summed E-state index contributed by atoms with van der Waals surface area (Å²) in [6.45, 7) is 0. The van der Waals surface area contributed by atoms with E-state index < -0.39 is 11.7 Å². The normalized spacial score (nSPS) is 14.5. The molecule has 1 fully saturated rings. The number of halogens is 3. The zero-order chi connectivity index (χ0) is 26.0. The number of hydrogen-bond acceptors (Lipinski definition) is 4. The first-order valence-electron chi connectivity index (χ1n) is 12.1. The molecule has 0 amide bonds. The Balaban J connectivity index is 1.62. The highest BCUT2D eigenvalue weighted by molar-refractivity contribution is 5.81. The van der Waals surface area contributed by atoms with Crippen molar-refractivity contribution in [3.63, 3.8) is 0 Å². The van der Waals surface area contributed by atoms with Gasteiger partial charge >= 0.3 is 6.18 Å². The highest BCUT2D eigenvalue weighted by atomic mass is 19.4. The predicted molar refractivity (Wildman–Crippen MR) is 137 cm³/mol. The molecule has 0 unspecified atom stereocenters. The molecule has 0 bridgehead atoms. The van der Waals surface area contributed by atoms with Crippen LogP contribution in [-0.2, 0) is 6.18 Å². The van der Waals surface area contributed by atoms with Gasteiger partial charge in [-0.05, 0) is 73.7 Å². The minimum absolute atomic E-state index is 0.106. The van der Waals surface area contributed by atoms with E-state index in [0.29, 0.717) is 28.4 Å². The molecular weight excluding hydrogens is 481 g/mol. The van der Waals surface area contributed by atoms with Gasteiger partial charge in [0.25, 0.3) is 5.56 Å². The number of methoxy groups -OCH3 is 1. The minimum atomic E-state index is -4.47. The van der Waals surface area contributed by atoms with Gasteiger partial charge < -0.3 is 9.47 Å². The van der Waals surface area contributed by atoms with Crippen molar-refractivity contribution >= 4 is 17.8 Å².